The molecule has 0 aliphatic heterocycles. The minimum absolute atomic E-state index is 0.202. The number of hydrogen-bond acceptors (Lipinski definition) is 4. The quantitative estimate of drug-likeness (QED) is 0.449. The van der Waals surface area contributed by atoms with Gasteiger partial charge in [-0.2, -0.15) is 0 Å². The maximum absolute atomic E-state index is 11.2. The van der Waals surface area contributed by atoms with Gasteiger partial charge in [-0.25, -0.2) is 4.79 Å². The van der Waals surface area contributed by atoms with Gasteiger partial charge in [0.25, 0.3) is 0 Å². The smallest absolute Gasteiger partial charge is 0.354 e. The summed E-state index contributed by atoms with van der Waals surface area (Å²) in [6.45, 7) is 1.86. The Bertz CT molecular complexity index is 361. The van der Waals surface area contributed by atoms with E-state index in [4.69, 9.17) is 16.3 Å². The van der Waals surface area contributed by atoms with Gasteiger partial charge in [0.05, 0.1) is 6.61 Å². The number of halogens is 1. The van der Waals surface area contributed by atoms with Crippen LogP contribution in [0.4, 0.5) is 0 Å². The highest BCUT2D eigenvalue weighted by Gasteiger charge is 2.20. The lowest BCUT2D eigenvalue weighted by Crippen LogP contribution is -2.30. The first-order valence-electron chi connectivity index (χ1n) is 4.71. The van der Waals surface area contributed by atoms with Crippen LogP contribution >= 0.6 is 11.6 Å². The number of hydrogen-bond donors (Lipinski definition) is 0. The van der Waals surface area contributed by atoms with Crippen LogP contribution in [0.25, 0.3) is 0 Å². The highest BCUT2D eigenvalue weighted by molar-refractivity contribution is 6.30. The molecular formula is C11H11ClO4. The highest BCUT2D eigenvalue weighted by atomic mass is 35.5. The second kappa shape index (κ2) is 6.12. The molecule has 0 aliphatic carbocycles. The van der Waals surface area contributed by atoms with Gasteiger partial charge in [0.15, 0.2) is 6.29 Å². The number of carbonyl (C=O) groups excluding carboxylic acids is 2. The molecule has 0 aromatic heterocycles. The maximum atomic E-state index is 11.2. The minimum Gasteiger partial charge on any atom is -0.471 e. The van der Waals surface area contributed by atoms with Gasteiger partial charge >= 0.3 is 5.97 Å². The Morgan fingerprint density at radius 3 is 2.56 bits per heavy atom. The largest absolute Gasteiger partial charge is 0.471 e. The van der Waals surface area contributed by atoms with E-state index in [1.165, 1.54) is 0 Å². The van der Waals surface area contributed by atoms with Crippen LogP contribution in [-0.2, 0) is 14.3 Å². The fourth-order valence-corrected chi connectivity index (χ4v) is 1.14. The van der Waals surface area contributed by atoms with Crippen molar-refractivity contribution < 1.29 is 19.1 Å². The molecule has 86 valence electrons. The van der Waals surface area contributed by atoms with Crippen molar-refractivity contribution in [1.82, 2.24) is 0 Å². The summed E-state index contributed by atoms with van der Waals surface area (Å²) in [7, 11) is 0. The molecule has 0 amide bonds. The second-order valence-corrected chi connectivity index (χ2v) is 3.32. The molecular weight excluding hydrogens is 232 g/mol. The minimum atomic E-state index is -1.24. The van der Waals surface area contributed by atoms with E-state index in [0.717, 1.165) is 0 Å². The van der Waals surface area contributed by atoms with E-state index in [1.54, 1.807) is 31.2 Å². The van der Waals surface area contributed by atoms with E-state index in [9.17, 15) is 9.59 Å². The Kier molecular flexibility index (Phi) is 4.79. The van der Waals surface area contributed by atoms with Gasteiger partial charge < -0.3 is 9.47 Å². The Morgan fingerprint density at radius 1 is 1.44 bits per heavy atom. The maximum Gasteiger partial charge on any atom is 0.354 e. The Labute approximate surface area is 98.1 Å². The number of carbonyl (C=O) groups is 2. The summed E-state index contributed by atoms with van der Waals surface area (Å²) in [4.78, 5) is 21.9. The first-order chi connectivity index (χ1) is 7.67. The van der Waals surface area contributed by atoms with E-state index in [1.807, 2.05) is 0 Å². The van der Waals surface area contributed by atoms with Crippen molar-refractivity contribution in [3.05, 3.63) is 29.3 Å². The van der Waals surface area contributed by atoms with Crippen molar-refractivity contribution in [2.75, 3.05) is 6.61 Å². The average molecular weight is 243 g/mol. The summed E-state index contributed by atoms with van der Waals surface area (Å²) < 4.78 is 9.80. The fraction of sp³-hybridized carbons (Fsp3) is 0.273. The molecule has 0 heterocycles. The molecule has 1 aromatic carbocycles. The predicted molar refractivity (Wildman–Crippen MR) is 58.6 cm³/mol. The van der Waals surface area contributed by atoms with Gasteiger partial charge in [-0.1, -0.05) is 11.6 Å². The van der Waals surface area contributed by atoms with E-state index >= 15 is 0 Å². The Balaban J connectivity index is 2.66. The van der Waals surface area contributed by atoms with Crippen LogP contribution in [0.2, 0.25) is 5.02 Å². The first kappa shape index (κ1) is 12.5. The summed E-state index contributed by atoms with van der Waals surface area (Å²) in [5, 5.41) is 0.547. The molecule has 1 unspecified atom stereocenters. The monoisotopic (exact) mass is 242 g/mol. The highest BCUT2D eigenvalue weighted by Crippen LogP contribution is 2.16. The molecule has 5 heteroatoms. The molecule has 0 fully saturated rings. The fourth-order valence-electron chi connectivity index (χ4n) is 1.02. The van der Waals surface area contributed by atoms with Crippen molar-refractivity contribution in [2.45, 2.75) is 13.0 Å². The number of aldehydes is 1. The van der Waals surface area contributed by atoms with Gasteiger partial charge in [0, 0.05) is 5.02 Å². The molecule has 16 heavy (non-hydrogen) atoms. The van der Waals surface area contributed by atoms with Crippen molar-refractivity contribution >= 4 is 23.9 Å². The van der Waals surface area contributed by atoms with Crippen LogP contribution in [-0.4, -0.2) is 25.0 Å². The van der Waals surface area contributed by atoms with Crippen LogP contribution in [0.5, 0.6) is 5.75 Å². The van der Waals surface area contributed by atoms with Gasteiger partial charge in [0.2, 0.25) is 6.10 Å². The lowest BCUT2D eigenvalue weighted by atomic mass is 10.3. The van der Waals surface area contributed by atoms with E-state index in [0.29, 0.717) is 17.1 Å². The Morgan fingerprint density at radius 2 is 2.06 bits per heavy atom. The van der Waals surface area contributed by atoms with Crippen LogP contribution in [0, 0.1) is 0 Å². The zero-order valence-electron chi connectivity index (χ0n) is 8.68. The summed E-state index contributed by atoms with van der Waals surface area (Å²) in [6.07, 6.45) is -0.840. The molecule has 0 radical (unpaired) electrons. The number of ether oxygens (including phenoxy) is 2. The SMILES string of the molecule is CCOC(=O)C(C=O)Oc1ccc(Cl)cc1. The third-order valence-electron chi connectivity index (χ3n) is 1.72. The van der Waals surface area contributed by atoms with Gasteiger partial charge in [-0.15, -0.1) is 0 Å². The second-order valence-electron chi connectivity index (χ2n) is 2.88. The lowest BCUT2D eigenvalue weighted by molar-refractivity contribution is -0.152. The summed E-state index contributed by atoms with van der Waals surface area (Å²) in [5.74, 6) is -0.318. The summed E-state index contributed by atoms with van der Waals surface area (Å²) in [6, 6.07) is 6.34. The summed E-state index contributed by atoms with van der Waals surface area (Å²) >= 11 is 5.68. The molecule has 0 N–H and O–H groups in total. The zero-order chi connectivity index (χ0) is 12.0. The third kappa shape index (κ3) is 3.55. The van der Waals surface area contributed by atoms with Crippen LogP contribution in [0.1, 0.15) is 6.92 Å². The molecule has 1 atom stereocenters. The molecule has 4 nitrogen and oxygen atoms in total. The normalized spacial score (nSPS) is 11.6. The van der Waals surface area contributed by atoms with Gasteiger partial charge in [-0.05, 0) is 31.2 Å². The van der Waals surface area contributed by atoms with Crippen LogP contribution < -0.4 is 4.74 Å². The number of rotatable bonds is 5. The zero-order valence-corrected chi connectivity index (χ0v) is 9.44. The van der Waals surface area contributed by atoms with Crippen molar-refractivity contribution in [2.24, 2.45) is 0 Å². The van der Waals surface area contributed by atoms with Gasteiger partial charge in [0.1, 0.15) is 5.75 Å². The third-order valence-corrected chi connectivity index (χ3v) is 1.97. The van der Waals surface area contributed by atoms with E-state index in [-0.39, 0.29) is 6.61 Å². The molecule has 0 saturated heterocycles. The van der Waals surface area contributed by atoms with E-state index in [2.05, 4.69) is 4.74 Å². The molecule has 1 aromatic rings. The topological polar surface area (TPSA) is 52.6 Å². The molecule has 1 rings (SSSR count). The van der Waals surface area contributed by atoms with Gasteiger partial charge in [-0.3, -0.25) is 4.79 Å². The van der Waals surface area contributed by atoms with Crippen molar-refractivity contribution in [3.63, 3.8) is 0 Å². The van der Waals surface area contributed by atoms with Crippen LogP contribution in [0.3, 0.4) is 0 Å². The standard InChI is InChI=1S/C11H11ClO4/c1-2-15-11(14)10(7-13)16-9-5-3-8(12)4-6-9/h3-7,10H,2H2,1H3. The molecule has 0 aliphatic rings. The molecule has 0 bridgehead atoms. The number of esters is 1. The molecule has 0 saturated carbocycles. The van der Waals surface area contributed by atoms with E-state index < -0.39 is 12.1 Å². The Hall–Kier alpha value is -1.55. The van der Waals surface area contributed by atoms with Crippen molar-refractivity contribution in [1.29, 1.82) is 0 Å². The van der Waals surface area contributed by atoms with Crippen LogP contribution in [0.15, 0.2) is 24.3 Å². The molecule has 0 spiro atoms. The first-order valence-corrected chi connectivity index (χ1v) is 5.09. The van der Waals surface area contributed by atoms with Crippen molar-refractivity contribution in [3.8, 4) is 5.75 Å². The predicted octanol–water partition coefficient (Wildman–Crippen LogP) is 1.85. The summed E-state index contributed by atoms with van der Waals surface area (Å²) in [5.41, 5.74) is 0. The average Bonchev–Trinajstić information content (AvgIpc) is 2.28. The lowest BCUT2D eigenvalue weighted by Gasteiger charge is -2.11. The number of benzene rings is 1.